The van der Waals surface area contributed by atoms with Gasteiger partial charge in [-0.3, -0.25) is 0 Å². The van der Waals surface area contributed by atoms with E-state index in [0.29, 0.717) is 6.61 Å². The van der Waals surface area contributed by atoms with Crippen molar-refractivity contribution in [2.45, 2.75) is 19.4 Å². The van der Waals surface area contributed by atoms with Crippen LogP contribution in [0.25, 0.3) is 0 Å². The Morgan fingerprint density at radius 1 is 1.43 bits per heavy atom. The van der Waals surface area contributed by atoms with Crippen LogP contribution in [-0.4, -0.2) is 30.2 Å². The third-order valence-corrected chi connectivity index (χ3v) is 1.96. The van der Waals surface area contributed by atoms with Crippen LogP contribution in [0.5, 0.6) is 0 Å². The van der Waals surface area contributed by atoms with Gasteiger partial charge in [-0.2, -0.15) is 0 Å². The Labute approximate surface area is 84.7 Å². The second kappa shape index (κ2) is 6.45. The Balaban J connectivity index is 2.46. The molecule has 0 saturated heterocycles. The van der Waals surface area contributed by atoms with Gasteiger partial charge in [0.05, 0.1) is 12.6 Å². The van der Waals surface area contributed by atoms with E-state index in [1.807, 2.05) is 19.4 Å². The maximum atomic E-state index is 5.47. The molecule has 0 saturated carbocycles. The van der Waals surface area contributed by atoms with Gasteiger partial charge in [-0.05, 0) is 13.5 Å². The fraction of sp³-hybridized carbons (Fsp3) is 0.600. The third kappa shape index (κ3) is 3.40. The fourth-order valence-corrected chi connectivity index (χ4v) is 1.18. The van der Waals surface area contributed by atoms with Crippen LogP contribution < -0.4 is 5.32 Å². The van der Waals surface area contributed by atoms with E-state index >= 15 is 0 Å². The van der Waals surface area contributed by atoms with E-state index in [2.05, 4.69) is 22.2 Å². The van der Waals surface area contributed by atoms with Gasteiger partial charge >= 0.3 is 0 Å². The molecule has 78 valence electrons. The highest BCUT2D eigenvalue weighted by molar-refractivity contribution is 5.08. The predicted molar refractivity (Wildman–Crippen MR) is 54.9 cm³/mol. The molecule has 4 nitrogen and oxygen atoms in total. The molecule has 0 aromatic carbocycles. The molecule has 4 heteroatoms. The van der Waals surface area contributed by atoms with Crippen molar-refractivity contribution in [3.63, 3.8) is 0 Å². The number of hydrogen-bond donors (Lipinski definition) is 1. The average molecular weight is 195 g/mol. The maximum absolute atomic E-state index is 5.47. The third-order valence-electron chi connectivity index (χ3n) is 1.96. The summed E-state index contributed by atoms with van der Waals surface area (Å²) in [7, 11) is 1.91. The summed E-state index contributed by atoms with van der Waals surface area (Å²) in [5.74, 6) is 0. The van der Waals surface area contributed by atoms with Gasteiger partial charge in [0.2, 0.25) is 0 Å². The van der Waals surface area contributed by atoms with Gasteiger partial charge in [0.25, 0.3) is 0 Å². The van der Waals surface area contributed by atoms with Crippen molar-refractivity contribution < 1.29 is 4.74 Å². The fourth-order valence-electron chi connectivity index (χ4n) is 1.18. The maximum Gasteiger partial charge on any atom is 0.115 e. The molecule has 0 aliphatic carbocycles. The number of rotatable bonds is 6. The van der Waals surface area contributed by atoms with Gasteiger partial charge in [0, 0.05) is 24.6 Å². The second-order valence-electron chi connectivity index (χ2n) is 3.09. The lowest BCUT2D eigenvalue weighted by Crippen LogP contribution is -2.22. The number of nitrogens with one attached hydrogen (secondary N) is 1. The van der Waals surface area contributed by atoms with E-state index < -0.39 is 0 Å². The lowest BCUT2D eigenvalue weighted by Gasteiger charge is -2.15. The minimum atomic E-state index is 0.183. The summed E-state index contributed by atoms with van der Waals surface area (Å²) in [6.07, 6.45) is 6.19. The lowest BCUT2D eigenvalue weighted by molar-refractivity contribution is 0.114. The first-order chi connectivity index (χ1) is 6.88. The molecule has 1 atom stereocenters. The zero-order valence-corrected chi connectivity index (χ0v) is 8.73. The molecule has 0 spiro atoms. The van der Waals surface area contributed by atoms with Crippen LogP contribution in [0.2, 0.25) is 0 Å². The Morgan fingerprint density at radius 3 is 2.71 bits per heavy atom. The number of nitrogens with zero attached hydrogens (tertiary/aromatic N) is 2. The van der Waals surface area contributed by atoms with E-state index in [4.69, 9.17) is 4.74 Å². The predicted octanol–water partition coefficient (Wildman–Crippen LogP) is 1.16. The number of likely N-dealkylation sites (N-methyl/N-ethyl adjacent to an activating group) is 1. The van der Waals surface area contributed by atoms with Gasteiger partial charge in [-0.1, -0.05) is 6.92 Å². The average Bonchev–Trinajstić information content (AvgIpc) is 2.26. The minimum absolute atomic E-state index is 0.183. The van der Waals surface area contributed by atoms with Crippen LogP contribution in [0.15, 0.2) is 18.7 Å². The summed E-state index contributed by atoms with van der Waals surface area (Å²) in [6.45, 7) is 3.56. The molecule has 0 bridgehead atoms. The van der Waals surface area contributed by atoms with E-state index in [0.717, 1.165) is 18.6 Å². The molecule has 1 aromatic rings. The zero-order valence-electron chi connectivity index (χ0n) is 8.73. The first kappa shape index (κ1) is 11.1. The molecule has 1 N–H and O–H groups in total. The van der Waals surface area contributed by atoms with Gasteiger partial charge in [0.1, 0.15) is 6.33 Å². The largest absolute Gasteiger partial charge is 0.379 e. The normalized spacial score (nSPS) is 12.7. The van der Waals surface area contributed by atoms with E-state index in [1.54, 1.807) is 0 Å². The van der Waals surface area contributed by atoms with Crippen molar-refractivity contribution in [1.82, 2.24) is 15.3 Å². The van der Waals surface area contributed by atoms with Crippen LogP contribution in [0, 0.1) is 0 Å². The van der Waals surface area contributed by atoms with Gasteiger partial charge in [-0.15, -0.1) is 0 Å². The number of aromatic nitrogens is 2. The van der Waals surface area contributed by atoms with E-state index in [1.165, 1.54) is 6.33 Å². The Hall–Kier alpha value is -1.00. The topological polar surface area (TPSA) is 47.0 Å². The summed E-state index contributed by atoms with van der Waals surface area (Å²) in [6, 6.07) is 0.183. The summed E-state index contributed by atoms with van der Waals surface area (Å²) >= 11 is 0. The highest BCUT2D eigenvalue weighted by atomic mass is 16.5. The molecule has 1 heterocycles. The van der Waals surface area contributed by atoms with Crippen LogP contribution >= 0.6 is 0 Å². The smallest absolute Gasteiger partial charge is 0.115 e. The quantitative estimate of drug-likeness (QED) is 0.692. The van der Waals surface area contributed by atoms with Crippen molar-refractivity contribution in [3.8, 4) is 0 Å². The molecule has 0 amide bonds. The van der Waals surface area contributed by atoms with Crippen LogP contribution in [0.1, 0.15) is 24.9 Å². The molecule has 0 radical (unpaired) electrons. The summed E-state index contributed by atoms with van der Waals surface area (Å²) in [5, 5.41) is 3.17. The highest BCUT2D eigenvalue weighted by Crippen LogP contribution is 2.09. The molecule has 0 fully saturated rings. The van der Waals surface area contributed by atoms with Crippen molar-refractivity contribution >= 4 is 0 Å². The Morgan fingerprint density at radius 2 is 2.14 bits per heavy atom. The van der Waals surface area contributed by atoms with Crippen molar-refractivity contribution in [2.24, 2.45) is 0 Å². The van der Waals surface area contributed by atoms with E-state index in [9.17, 15) is 0 Å². The lowest BCUT2D eigenvalue weighted by atomic mass is 10.2. The van der Waals surface area contributed by atoms with E-state index in [-0.39, 0.29) is 6.04 Å². The summed E-state index contributed by atoms with van der Waals surface area (Å²) in [4.78, 5) is 7.95. The Bertz CT molecular complexity index is 240. The molecule has 1 aromatic heterocycles. The molecular formula is C10H17N3O. The SMILES string of the molecule is CCCOCC(NC)c1cncnc1. The van der Waals surface area contributed by atoms with Gasteiger partial charge in [-0.25, -0.2) is 9.97 Å². The van der Waals surface area contributed by atoms with Crippen LogP contribution in [0.4, 0.5) is 0 Å². The molecule has 14 heavy (non-hydrogen) atoms. The van der Waals surface area contributed by atoms with Gasteiger partial charge in [0.15, 0.2) is 0 Å². The van der Waals surface area contributed by atoms with Crippen molar-refractivity contribution in [2.75, 3.05) is 20.3 Å². The highest BCUT2D eigenvalue weighted by Gasteiger charge is 2.08. The molecule has 1 unspecified atom stereocenters. The standard InChI is InChI=1S/C10H17N3O/c1-3-4-14-7-10(11-2)9-5-12-8-13-6-9/h5-6,8,10-11H,3-4,7H2,1-2H3. The van der Waals surface area contributed by atoms with Crippen molar-refractivity contribution in [1.29, 1.82) is 0 Å². The first-order valence-electron chi connectivity index (χ1n) is 4.88. The first-order valence-corrected chi connectivity index (χ1v) is 4.88. The Kier molecular flexibility index (Phi) is 5.11. The molecule has 1 rings (SSSR count). The monoisotopic (exact) mass is 195 g/mol. The molecule has 0 aliphatic heterocycles. The van der Waals surface area contributed by atoms with Gasteiger partial charge < -0.3 is 10.1 Å². The minimum Gasteiger partial charge on any atom is -0.379 e. The number of hydrogen-bond acceptors (Lipinski definition) is 4. The number of ether oxygens (including phenoxy) is 1. The summed E-state index contributed by atoms with van der Waals surface area (Å²) in [5.41, 5.74) is 1.06. The zero-order chi connectivity index (χ0) is 10.2. The molecule has 0 aliphatic rings. The van der Waals surface area contributed by atoms with Crippen LogP contribution in [-0.2, 0) is 4.74 Å². The van der Waals surface area contributed by atoms with Crippen LogP contribution in [0.3, 0.4) is 0 Å². The second-order valence-corrected chi connectivity index (χ2v) is 3.09. The molecular weight excluding hydrogens is 178 g/mol. The van der Waals surface area contributed by atoms with Crippen molar-refractivity contribution in [3.05, 3.63) is 24.3 Å². The summed E-state index contributed by atoms with van der Waals surface area (Å²) < 4.78 is 5.47.